The lowest BCUT2D eigenvalue weighted by Crippen LogP contribution is -2.27. The van der Waals surface area contributed by atoms with Gasteiger partial charge in [-0.1, -0.05) is 0 Å². The topological polar surface area (TPSA) is 74.9 Å². The van der Waals surface area contributed by atoms with E-state index in [4.69, 9.17) is 5.26 Å². The molecule has 0 aliphatic rings. The van der Waals surface area contributed by atoms with Crippen molar-refractivity contribution in [3.8, 4) is 6.07 Å². The zero-order valence-corrected chi connectivity index (χ0v) is 8.36. The smallest absolute Gasteiger partial charge is 0.240 e. The van der Waals surface area contributed by atoms with Crippen LogP contribution < -0.4 is 5.32 Å². The summed E-state index contributed by atoms with van der Waals surface area (Å²) in [5, 5.41) is 10.7. The first-order chi connectivity index (χ1) is 7.13. The van der Waals surface area contributed by atoms with Crippen molar-refractivity contribution in [2.24, 2.45) is 0 Å². The van der Waals surface area contributed by atoms with Gasteiger partial charge >= 0.3 is 0 Å². The van der Waals surface area contributed by atoms with Crippen molar-refractivity contribution >= 4 is 11.7 Å². The Labute approximate surface area is 87.3 Å². The number of Topliss-reactive ketones (excluding diaryl/α,β-unsaturated/α-hetero) is 1. The van der Waals surface area contributed by atoms with E-state index in [-0.39, 0.29) is 24.8 Å². The second kappa shape index (κ2) is 4.96. The molecular weight excluding hydrogens is 194 g/mol. The second-order valence-electron chi connectivity index (χ2n) is 3.06. The van der Waals surface area contributed by atoms with E-state index >= 15 is 0 Å². The molecule has 0 unspecified atom stereocenters. The van der Waals surface area contributed by atoms with Crippen molar-refractivity contribution < 1.29 is 9.59 Å². The van der Waals surface area contributed by atoms with Gasteiger partial charge in [-0.25, -0.2) is 0 Å². The molecule has 0 spiro atoms. The van der Waals surface area contributed by atoms with Crippen LogP contribution >= 0.6 is 0 Å². The van der Waals surface area contributed by atoms with Gasteiger partial charge in [-0.15, -0.1) is 0 Å². The van der Waals surface area contributed by atoms with E-state index in [0.29, 0.717) is 5.56 Å². The molecule has 1 aromatic heterocycles. The van der Waals surface area contributed by atoms with Gasteiger partial charge in [0.1, 0.15) is 13.1 Å². The number of nitrogens with one attached hydrogen (secondary N) is 1. The highest BCUT2D eigenvalue weighted by atomic mass is 16.2. The number of nitriles is 1. The van der Waals surface area contributed by atoms with Gasteiger partial charge in [-0.05, 0) is 13.0 Å². The molecule has 1 heterocycles. The Morgan fingerprint density at radius 3 is 2.87 bits per heavy atom. The van der Waals surface area contributed by atoms with Crippen molar-refractivity contribution in [1.82, 2.24) is 9.88 Å². The first-order valence-corrected chi connectivity index (χ1v) is 4.44. The number of carbonyl (C=O) groups excluding carboxylic acids is 2. The lowest BCUT2D eigenvalue weighted by atomic mass is 10.2. The van der Waals surface area contributed by atoms with Gasteiger partial charge in [0.25, 0.3) is 0 Å². The van der Waals surface area contributed by atoms with Gasteiger partial charge in [-0.3, -0.25) is 9.59 Å². The fourth-order valence-electron chi connectivity index (χ4n) is 1.11. The van der Waals surface area contributed by atoms with Gasteiger partial charge in [0.05, 0.1) is 6.07 Å². The molecule has 1 amide bonds. The van der Waals surface area contributed by atoms with E-state index in [1.807, 2.05) is 6.07 Å². The van der Waals surface area contributed by atoms with Gasteiger partial charge in [0, 0.05) is 18.0 Å². The Morgan fingerprint density at radius 2 is 2.33 bits per heavy atom. The molecule has 0 fully saturated rings. The fraction of sp³-hybridized carbons (Fsp3) is 0.300. The maximum absolute atomic E-state index is 11.2. The van der Waals surface area contributed by atoms with E-state index in [2.05, 4.69) is 5.32 Å². The Balaban J connectivity index is 2.54. The SMILES string of the molecule is CC(=O)c1ccn(CC(=O)NCC#N)c1. The fourth-order valence-corrected chi connectivity index (χ4v) is 1.11. The molecule has 0 aliphatic heterocycles. The van der Waals surface area contributed by atoms with Crippen LogP contribution in [0.5, 0.6) is 0 Å². The van der Waals surface area contributed by atoms with Crippen LogP contribution in [0.15, 0.2) is 18.5 Å². The van der Waals surface area contributed by atoms with Crippen LogP contribution in [-0.4, -0.2) is 22.8 Å². The number of carbonyl (C=O) groups is 2. The molecule has 5 heteroatoms. The number of aromatic nitrogens is 1. The van der Waals surface area contributed by atoms with Crippen molar-refractivity contribution in [1.29, 1.82) is 5.26 Å². The molecule has 15 heavy (non-hydrogen) atoms. The van der Waals surface area contributed by atoms with Crippen molar-refractivity contribution in [2.75, 3.05) is 6.54 Å². The van der Waals surface area contributed by atoms with E-state index in [1.54, 1.807) is 23.0 Å². The van der Waals surface area contributed by atoms with Crippen LogP contribution in [-0.2, 0) is 11.3 Å². The maximum Gasteiger partial charge on any atom is 0.240 e. The molecule has 0 saturated heterocycles. The molecule has 0 atom stereocenters. The van der Waals surface area contributed by atoms with E-state index in [9.17, 15) is 9.59 Å². The number of hydrogen-bond acceptors (Lipinski definition) is 3. The van der Waals surface area contributed by atoms with Crippen molar-refractivity contribution in [3.05, 3.63) is 24.0 Å². The summed E-state index contributed by atoms with van der Waals surface area (Å²) in [5.74, 6) is -0.284. The summed E-state index contributed by atoms with van der Waals surface area (Å²) in [6, 6.07) is 3.47. The number of hydrogen-bond donors (Lipinski definition) is 1. The standard InChI is InChI=1S/C10H11N3O2/c1-8(14)9-2-5-13(6-9)7-10(15)12-4-3-11/h2,5-6H,4,7H2,1H3,(H,12,15). The van der Waals surface area contributed by atoms with Gasteiger partial charge < -0.3 is 9.88 Å². The second-order valence-corrected chi connectivity index (χ2v) is 3.06. The number of amides is 1. The minimum absolute atomic E-state index is 0.000330. The Morgan fingerprint density at radius 1 is 1.60 bits per heavy atom. The summed E-state index contributed by atoms with van der Waals surface area (Å²) in [6.45, 7) is 1.59. The summed E-state index contributed by atoms with van der Waals surface area (Å²) in [5.41, 5.74) is 0.572. The average Bonchev–Trinajstić information content (AvgIpc) is 2.63. The van der Waals surface area contributed by atoms with Crippen molar-refractivity contribution in [2.45, 2.75) is 13.5 Å². The molecule has 0 saturated carbocycles. The normalized spacial score (nSPS) is 9.33. The summed E-state index contributed by atoms with van der Waals surface area (Å²) < 4.78 is 1.60. The van der Waals surface area contributed by atoms with Crippen LogP contribution in [0.3, 0.4) is 0 Å². The van der Waals surface area contributed by atoms with Crippen LogP contribution in [0.2, 0.25) is 0 Å². The third kappa shape index (κ3) is 3.27. The Kier molecular flexibility index (Phi) is 3.63. The van der Waals surface area contributed by atoms with Crippen LogP contribution in [0.1, 0.15) is 17.3 Å². The van der Waals surface area contributed by atoms with Crippen LogP contribution in [0, 0.1) is 11.3 Å². The summed E-state index contributed by atoms with van der Waals surface area (Å²) in [6.07, 6.45) is 3.26. The van der Waals surface area contributed by atoms with E-state index in [1.165, 1.54) is 6.92 Å². The van der Waals surface area contributed by atoms with Gasteiger partial charge in [-0.2, -0.15) is 5.26 Å². The molecule has 0 bridgehead atoms. The third-order valence-electron chi connectivity index (χ3n) is 1.85. The van der Waals surface area contributed by atoms with Crippen LogP contribution in [0.25, 0.3) is 0 Å². The molecule has 0 aliphatic carbocycles. The lowest BCUT2D eigenvalue weighted by Gasteiger charge is -2.01. The average molecular weight is 205 g/mol. The largest absolute Gasteiger partial charge is 0.344 e. The Hall–Kier alpha value is -2.09. The highest BCUT2D eigenvalue weighted by Crippen LogP contribution is 2.01. The Bertz CT molecular complexity index is 415. The van der Waals surface area contributed by atoms with Gasteiger partial charge in [0.15, 0.2) is 5.78 Å². The van der Waals surface area contributed by atoms with Gasteiger partial charge in [0.2, 0.25) is 5.91 Å². The minimum atomic E-state index is -0.248. The number of rotatable bonds is 4. The highest BCUT2D eigenvalue weighted by molar-refractivity contribution is 5.93. The zero-order valence-electron chi connectivity index (χ0n) is 8.36. The molecule has 1 rings (SSSR count). The number of nitrogens with zero attached hydrogens (tertiary/aromatic N) is 2. The zero-order chi connectivity index (χ0) is 11.3. The molecular formula is C10H11N3O2. The molecule has 78 valence electrons. The summed E-state index contributed by atoms with van der Waals surface area (Å²) in [4.78, 5) is 22.1. The number of ketones is 1. The summed E-state index contributed by atoms with van der Waals surface area (Å²) >= 11 is 0. The van der Waals surface area contributed by atoms with Crippen LogP contribution in [0.4, 0.5) is 0 Å². The maximum atomic E-state index is 11.2. The van der Waals surface area contributed by atoms with E-state index in [0.717, 1.165) is 0 Å². The monoisotopic (exact) mass is 205 g/mol. The molecule has 0 aromatic carbocycles. The predicted octanol–water partition coefficient (Wildman–Crippen LogP) is 0.330. The first-order valence-electron chi connectivity index (χ1n) is 4.44. The highest BCUT2D eigenvalue weighted by Gasteiger charge is 2.04. The first kappa shape index (κ1) is 11.0. The molecule has 0 radical (unpaired) electrons. The molecule has 5 nitrogen and oxygen atoms in total. The summed E-state index contributed by atoms with van der Waals surface area (Å²) in [7, 11) is 0. The predicted molar refractivity (Wildman–Crippen MR) is 53.1 cm³/mol. The molecule has 1 aromatic rings. The quantitative estimate of drug-likeness (QED) is 0.568. The minimum Gasteiger partial charge on any atom is -0.344 e. The third-order valence-corrected chi connectivity index (χ3v) is 1.85. The lowest BCUT2D eigenvalue weighted by molar-refractivity contribution is -0.121. The van der Waals surface area contributed by atoms with Crippen molar-refractivity contribution in [3.63, 3.8) is 0 Å². The molecule has 1 N–H and O–H groups in total. The van der Waals surface area contributed by atoms with E-state index < -0.39 is 0 Å².